The highest BCUT2D eigenvalue weighted by atomic mass is 16.3. The number of aromatic nitrogens is 1. The van der Waals surface area contributed by atoms with Crippen LogP contribution >= 0.6 is 0 Å². The predicted octanol–water partition coefficient (Wildman–Crippen LogP) is 0.212. The minimum absolute atomic E-state index is 0.0121. The lowest BCUT2D eigenvalue weighted by atomic mass is 10.2. The van der Waals surface area contributed by atoms with Crippen molar-refractivity contribution in [3.05, 3.63) is 36.5 Å². The largest absolute Gasteiger partial charge is 0.390 e. The number of fused-ring (bicyclic) bond motifs is 1. The second-order valence-corrected chi connectivity index (χ2v) is 5.46. The van der Waals surface area contributed by atoms with Crippen LogP contribution < -0.4 is 10.6 Å². The molecule has 3 N–H and O–H groups in total. The molecule has 0 saturated carbocycles. The number of aliphatic hydroxyl groups is 1. The van der Waals surface area contributed by atoms with E-state index >= 15 is 0 Å². The molecular formula is C16H20N4O3. The molecule has 1 heterocycles. The lowest BCUT2D eigenvalue weighted by Gasteiger charge is -2.16. The predicted molar refractivity (Wildman–Crippen MR) is 87.9 cm³/mol. The lowest BCUT2D eigenvalue weighted by molar-refractivity contribution is -0.136. The number of nitrogens with one attached hydrogen (secondary N) is 2. The first kappa shape index (κ1) is 16.9. The van der Waals surface area contributed by atoms with Crippen LogP contribution in [0.5, 0.6) is 0 Å². The summed E-state index contributed by atoms with van der Waals surface area (Å²) in [6.45, 7) is 0.410. The number of hydrogen-bond acceptors (Lipinski definition) is 5. The number of para-hydroxylation sites is 1. The zero-order valence-corrected chi connectivity index (χ0v) is 13.1. The van der Waals surface area contributed by atoms with E-state index in [1.807, 2.05) is 26.2 Å². The van der Waals surface area contributed by atoms with E-state index in [2.05, 4.69) is 15.6 Å². The Labute approximate surface area is 134 Å². The number of rotatable bonds is 5. The Balaban J connectivity index is 1.97. The molecular weight excluding hydrogens is 296 g/mol. The molecule has 0 saturated heterocycles. The SMILES string of the molecule is CN(C)CC(O)CNC(=O)C(=O)Nc1cccc2cccnc12. The molecule has 1 aromatic carbocycles. The Kier molecular flexibility index (Phi) is 5.61. The molecule has 0 aliphatic rings. The fraction of sp³-hybridized carbons (Fsp3) is 0.312. The van der Waals surface area contributed by atoms with E-state index in [0.29, 0.717) is 17.7 Å². The van der Waals surface area contributed by atoms with Crippen molar-refractivity contribution in [3.63, 3.8) is 0 Å². The van der Waals surface area contributed by atoms with Crippen molar-refractivity contribution in [1.82, 2.24) is 15.2 Å². The summed E-state index contributed by atoms with van der Waals surface area (Å²) in [5.74, 6) is -1.59. The summed E-state index contributed by atoms with van der Waals surface area (Å²) in [6, 6.07) is 9.00. The third-order valence-electron chi connectivity index (χ3n) is 3.16. The molecule has 0 radical (unpaired) electrons. The average Bonchev–Trinajstić information content (AvgIpc) is 2.52. The van der Waals surface area contributed by atoms with Gasteiger partial charge in [-0.15, -0.1) is 0 Å². The molecule has 7 heteroatoms. The third kappa shape index (κ3) is 4.73. The van der Waals surface area contributed by atoms with Gasteiger partial charge in [-0.1, -0.05) is 18.2 Å². The van der Waals surface area contributed by atoms with E-state index in [4.69, 9.17) is 0 Å². The molecule has 1 atom stereocenters. The molecule has 0 spiro atoms. The molecule has 0 bridgehead atoms. The molecule has 2 aromatic rings. The maximum atomic E-state index is 11.9. The van der Waals surface area contributed by atoms with Gasteiger partial charge in [-0.2, -0.15) is 0 Å². The second kappa shape index (κ2) is 7.66. The molecule has 2 amide bonds. The highest BCUT2D eigenvalue weighted by Gasteiger charge is 2.16. The maximum Gasteiger partial charge on any atom is 0.313 e. The maximum absolute atomic E-state index is 11.9. The van der Waals surface area contributed by atoms with Crippen LogP contribution in [0.15, 0.2) is 36.5 Å². The number of amides is 2. The Morgan fingerprint density at radius 1 is 1.22 bits per heavy atom. The van der Waals surface area contributed by atoms with Crippen molar-refractivity contribution in [1.29, 1.82) is 0 Å². The van der Waals surface area contributed by atoms with Gasteiger partial charge in [-0.25, -0.2) is 0 Å². The Bertz CT molecular complexity index is 697. The van der Waals surface area contributed by atoms with Crippen LogP contribution in [0.2, 0.25) is 0 Å². The van der Waals surface area contributed by atoms with Gasteiger partial charge in [-0.05, 0) is 26.2 Å². The van der Waals surface area contributed by atoms with Crippen LogP contribution in [0, 0.1) is 0 Å². The minimum Gasteiger partial charge on any atom is -0.390 e. The fourth-order valence-corrected chi connectivity index (χ4v) is 2.16. The van der Waals surface area contributed by atoms with Crippen molar-refractivity contribution >= 4 is 28.4 Å². The molecule has 0 aliphatic carbocycles. The van der Waals surface area contributed by atoms with Crippen molar-refractivity contribution in [2.24, 2.45) is 0 Å². The average molecular weight is 316 g/mol. The third-order valence-corrected chi connectivity index (χ3v) is 3.16. The summed E-state index contributed by atoms with van der Waals surface area (Å²) < 4.78 is 0. The van der Waals surface area contributed by atoms with Crippen molar-refractivity contribution < 1.29 is 14.7 Å². The Morgan fingerprint density at radius 3 is 2.70 bits per heavy atom. The molecule has 0 fully saturated rings. The van der Waals surface area contributed by atoms with E-state index in [-0.39, 0.29) is 6.54 Å². The van der Waals surface area contributed by atoms with Crippen molar-refractivity contribution in [3.8, 4) is 0 Å². The summed E-state index contributed by atoms with van der Waals surface area (Å²) >= 11 is 0. The first-order valence-corrected chi connectivity index (χ1v) is 7.23. The number of carbonyl (C=O) groups excluding carboxylic acids is 2. The molecule has 2 rings (SSSR count). The molecule has 23 heavy (non-hydrogen) atoms. The van der Waals surface area contributed by atoms with Gasteiger partial charge in [0.15, 0.2) is 0 Å². The summed E-state index contributed by atoms with van der Waals surface area (Å²) in [4.78, 5) is 29.8. The van der Waals surface area contributed by atoms with Gasteiger partial charge in [0.05, 0.1) is 17.3 Å². The summed E-state index contributed by atoms with van der Waals surface area (Å²) in [7, 11) is 3.62. The number of hydrogen-bond donors (Lipinski definition) is 3. The van der Waals surface area contributed by atoms with Gasteiger partial charge < -0.3 is 20.6 Å². The highest BCUT2D eigenvalue weighted by Crippen LogP contribution is 2.20. The van der Waals surface area contributed by atoms with Crippen LogP contribution in [0.3, 0.4) is 0 Å². The molecule has 122 valence electrons. The number of carbonyl (C=O) groups is 2. The van der Waals surface area contributed by atoms with Gasteiger partial charge in [0.1, 0.15) is 0 Å². The van der Waals surface area contributed by atoms with E-state index in [1.54, 1.807) is 29.3 Å². The van der Waals surface area contributed by atoms with Gasteiger partial charge in [0.25, 0.3) is 0 Å². The van der Waals surface area contributed by atoms with E-state index in [0.717, 1.165) is 5.39 Å². The topological polar surface area (TPSA) is 94.6 Å². The monoisotopic (exact) mass is 316 g/mol. The van der Waals surface area contributed by atoms with Crippen LogP contribution in [-0.2, 0) is 9.59 Å². The standard InChI is InChI=1S/C16H20N4O3/c1-20(2)10-12(21)9-18-15(22)16(23)19-13-7-3-5-11-6-4-8-17-14(11)13/h3-8,12,21H,9-10H2,1-2H3,(H,18,22)(H,19,23). The summed E-state index contributed by atoms with van der Waals surface area (Å²) in [5.41, 5.74) is 1.08. The zero-order chi connectivity index (χ0) is 16.8. The summed E-state index contributed by atoms with van der Waals surface area (Å²) in [6.07, 6.45) is 0.885. The number of benzene rings is 1. The minimum atomic E-state index is -0.796. The van der Waals surface area contributed by atoms with Gasteiger partial charge in [-0.3, -0.25) is 14.6 Å². The number of likely N-dealkylation sites (N-methyl/N-ethyl adjacent to an activating group) is 1. The van der Waals surface area contributed by atoms with Crippen LogP contribution in [-0.4, -0.2) is 60.1 Å². The number of pyridine rings is 1. The summed E-state index contributed by atoms with van der Waals surface area (Å²) in [5, 5.41) is 15.5. The highest BCUT2D eigenvalue weighted by molar-refractivity contribution is 6.40. The van der Waals surface area contributed by atoms with Crippen LogP contribution in [0.1, 0.15) is 0 Å². The first-order chi connectivity index (χ1) is 11.0. The van der Waals surface area contributed by atoms with Crippen LogP contribution in [0.4, 0.5) is 5.69 Å². The molecule has 1 unspecified atom stereocenters. The zero-order valence-electron chi connectivity index (χ0n) is 13.1. The normalized spacial score (nSPS) is 12.2. The smallest absolute Gasteiger partial charge is 0.313 e. The lowest BCUT2D eigenvalue weighted by Crippen LogP contribution is -2.42. The van der Waals surface area contributed by atoms with E-state index in [9.17, 15) is 14.7 Å². The van der Waals surface area contributed by atoms with Crippen molar-refractivity contribution in [2.45, 2.75) is 6.10 Å². The molecule has 1 aromatic heterocycles. The van der Waals surface area contributed by atoms with Crippen LogP contribution in [0.25, 0.3) is 10.9 Å². The van der Waals surface area contributed by atoms with E-state index < -0.39 is 17.9 Å². The molecule has 0 aliphatic heterocycles. The Morgan fingerprint density at radius 2 is 1.96 bits per heavy atom. The number of anilines is 1. The van der Waals surface area contributed by atoms with Gasteiger partial charge >= 0.3 is 11.8 Å². The number of nitrogens with zero attached hydrogens (tertiary/aromatic N) is 2. The fourth-order valence-electron chi connectivity index (χ4n) is 2.16. The quantitative estimate of drug-likeness (QED) is 0.686. The molecule has 7 nitrogen and oxygen atoms in total. The first-order valence-electron chi connectivity index (χ1n) is 7.23. The van der Waals surface area contributed by atoms with Gasteiger partial charge in [0.2, 0.25) is 0 Å². The van der Waals surface area contributed by atoms with Crippen molar-refractivity contribution in [2.75, 3.05) is 32.5 Å². The number of aliphatic hydroxyl groups excluding tert-OH is 1. The second-order valence-electron chi connectivity index (χ2n) is 5.46. The Hall–Kier alpha value is -2.51. The van der Waals surface area contributed by atoms with E-state index in [1.165, 1.54) is 0 Å². The van der Waals surface area contributed by atoms with Gasteiger partial charge in [0, 0.05) is 24.7 Å².